The number of carboxylic acids is 1. The summed E-state index contributed by atoms with van der Waals surface area (Å²) in [7, 11) is 1.41. The summed E-state index contributed by atoms with van der Waals surface area (Å²) in [5, 5.41) is 14.2. The molecule has 0 aromatic carbocycles. The van der Waals surface area contributed by atoms with Gasteiger partial charge in [-0.1, -0.05) is 0 Å². The Morgan fingerprint density at radius 2 is 1.88 bits per heavy atom. The zero-order valence-corrected chi connectivity index (χ0v) is 10.1. The van der Waals surface area contributed by atoms with Crippen LogP contribution in [0.4, 0.5) is 0 Å². The Hall–Kier alpha value is -1.14. The van der Waals surface area contributed by atoms with E-state index in [4.69, 9.17) is 9.84 Å². The Morgan fingerprint density at radius 1 is 1.31 bits per heavy atom. The zero-order chi connectivity index (χ0) is 12.7. The lowest BCUT2D eigenvalue weighted by Gasteiger charge is -2.20. The van der Waals surface area contributed by atoms with Crippen molar-refractivity contribution in [3.8, 4) is 0 Å². The number of carbonyl (C=O) groups is 2. The van der Waals surface area contributed by atoms with Gasteiger partial charge in [0, 0.05) is 13.2 Å². The maximum absolute atomic E-state index is 11.5. The van der Waals surface area contributed by atoms with E-state index in [9.17, 15) is 9.59 Å². The molecule has 0 aromatic rings. The van der Waals surface area contributed by atoms with Crippen LogP contribution >= 0.6 is 0 Å². The highest BCUT2D eigenvalue weighted by Gasteiger charge is 2.23. The van der Waals surface area contributed by atoms with Crippen molar-refractivity contribution < 1.29 is 19.4 Å². The molecule has 0 aliphatic heterocycles. The molecule has 0 aliphatic rings. The highest BCUT2D eigenvalue weighted by Crippen LogP contribution is 1.92. The molecule has 0 radical (unpaired) electrons. The molecule has 16 heavy (non-hydrogen) atoms. The minimum atomic E-state index is -1.04. The molecule has 6 heteroatoms. The van der Waals surface area contributed by atoms with Crippen molar-refractivity contribution in [1.29, 1.82) is 0 Å². The molecule has 0 saturated carbocycles. The van der Waals surface area contributed by atoms with Gasteiger partial charge in [-0.05, 0) is 20.8 Å². The minimum Gasteiger partial charge on any atom is -0.480 e. The predicted octanol–water partition coefficient (Wildman–Crippen LogP) is -0.411. The molecule has 2 atom stereocenters. The third kappa shape index (κ3) is 5.67. The van der Waals surface area contributed by atoms with Crippen LogP contribution in [0.1, 0.15) is 20.8 Å². The first kappa shape index (κ1) is 14.9. The largest absolute Gasteiger partial charge is 0.480 e. The van der Waals surface area contributed by atoms with Gasteiger partial charge in [-0.15, -0.1) is 0 Å². The molecule has 3 N–H and O–H groups in total. The number of methoxy groups -OCH3 is 1. The van der Waals surface area contributed by atoms with Crippen molar-refractivity contribution in [2.45, 2.75) is 38.9 Å². The van der Waals surface area contributed by atoms with Crippen LogP contribution < -0.4 is 10.6 Å². The van der Waals surface area contributed by atoms with Gasteiger partial charge < -0.3 is 15.2 Å². The third-order valence-electron chi connectivity index (χ3n) is 1.91. The molecule has 0 heterocycles. The van der Waals surface area contributed by atoms with Crippen LogP contribution in [0.3, 0.4) is 0 Å². The molecule has 94 valence electrons. The first-order chi connectivity index (χ1) is 7.38. The van der Waals surface area contributed by atoms with E-state index in [2.05, 4.69) is 10.6 Å². The SMILES string of the molecule is COCC(NC(C)C(=O)NC(C)C)C(=O)O. The number of hydrogen-bond acceptors (Lipinski definition) is 4. The van der Waals surface area contributed by atoms with Crippen molar-refractivity contribution in [3.05, 3.63) is 0 Å². The summed E-state index contributed by atoms with van der Waals surface area (Å²) in [5.41, 5.74) is 0. The number of aliphatic carboxylic acids is 1. The average molecular weight is 232 g/mol. The summed E-state index contributed by atoms with van der Waals surface area (Å²) in [4.78, 5) is 22.3. The fourth-order valence-electron chi connectivity index (χ4n) is 1.14. The Bertz CT molecular complexity index is 243. The molecule has 6 nitrogen and oxygen atoms in total. The molecular formula is C10H20N2O4. The molecule has 0 fully saturated rings. The summed E-state index contributed by atoms with van der Waals surface area (Å²) in [6, 6.07) is -1.42. The van der Waals surface area contributed by atoms with E-state index >= 15 is 0 Å². The molecule has 0 aliphatic carbocycles. The van der Waals surface area contributed by atoms with Crippen LogP contribution in [-0.4, -0.2) is 48.8 Å². The first-order valence-corrected chi connectivity index (χ1v) is 5.16. The second-order valence-electron chi connectivity index (χ2n) is 3.90. The van der Waals surface area contributed by atoms with Gasteiger partial charge in [-0.2, -0.15) is 0 Å². The maximum Gasteiger partial charge on any atom is 0.323 e. The number of ether oxygens (including phenoxy) is 1. The van der Waals surface area contributed by atoms with E-state index in [1.165, 1.54) is 7.11 Å². The second-order valence-corrected chi connectivity index (χ2v) is 3.90. The molecule has 0 rings (SSSR count). The van der Waals surface area contributed by atoms with E-state index in [0.29, 0.717) is 0 Å². The molecule has 0 bridgehead atoms. The smallest absolute Gasteiger partial charge is 0.323 e. The molecular weight excluding hydrogens is 212 g/mol. The van der Waals surface area contributed by atoms with Gasteiger partial charge >= 0.3 is 5.97 Å². The predicted molar refractivity (Wildman–Crippen MR) is 59.2 cm³/mol. The molecule has 0 aromatic heterocycles. The zero-order valence-electron chi connectivity index (χ0n) is 10.1. The van der Waals surface area contributed by atoms with E-state index < -0.39 is 18.1 Å². The first-order valence-electron chi connectivity index (χ1n) is 5.16. The van der Waals surface area contributed by atoms with E-state index in [0.717, 1.165) is 0 Å². The molecule has 2 unspecified atom stereocenters. The van der Waals surface area contributed by atoms with E-state index in [1.807, 2.05) is 13.8 Å². The highest BCUT2D eigenvalue weighted by molar-refractivity contribution is 5.82. The number of carboxylic acid groups (broad SMARTS) is 1. The number of amides is 1. The summed E-state index contributed by atoms with van der Waals surface area (Å²) >= 11 is 0. The van der Waals surface area contributed by atoms with Crippen LogP contribution in [0.25, 0.3) is 0 Å². The lowest BCUT2D eigenvalue weighted by Crippen LogP contribution is -2.52. The summed E-state index contributed by atoms with van der Waals surface area (Å²) < 4.78 is 4.75. The van der Waals surface area contributed by atoms with Gasteiger partial charge in [0.1, 0.15) is 6.04 Å². The molecule has 1 amide bonds. The van der Waals surface area contributed by atoms with Crippen molar-refractivity contribution in [1.82, 2.24) is 10.6 Å². The fourth-order valence-corrected chi connectivity index (χ4v) is 1.14. The lowest BCUT2D eigenvalue weighted by atomic mass is 10.2. The van der Waals surface area contributed by atoms with Crippen molar-refractivity contribution in [2.75, 3.05) is 13.7 Å². The van der Waals surface area contributed by atoms with Crippen molar-refractivity contribution >= 4 is 11.9 Å². The summed E-state index contributed by atoms with van der Waals surface area (Å²) in [6.45, 7) is 5.32. The Labute approximate surface area is 95.4 Å². The van der Waals surface area contributed by atoms with Gasteiger partial charge in [0.25, 0.3) is 0 Å². The Morgan fingerprint density at radius 3 is 2.25 bits per heavy atom. The van der Waals surface area contributed by atoms with Crippen LogP contribution in [0, 0.1) is 0 Å². The monoisotopic (exact) mass is 232 g/mol. The summed E-state index contributed by atoms with van der Waals surface area (Å²) in [6.07, 6.45) is 0. The average Bonchev–Trinajstić information content (AvgIpc) is 2.15. The normalized spacial score (nSPS) is 14.6. The standard InChI is InChI=1S/C10H20N2O4/c1-6(2)11-9(13)7(3)12-8(5-16-4)10(14)15/h6-8,12H,5H2,1-4H3,(H,11,13)(H,14,15). The topological polar surface area (TPSA) is 87.7 Å². The van der Waals surface area contributed by atoms with Gasteiger partial charge in [-0.3, -0.25) is 14.9 Å². The fraction of sp³-hybridized carbons (Fsp3) is 0.800. The van der Waals surface area contributed by atoms with Crippen LogP contribution in [0.5, 0.6) is 0 Å². The van der Waals surface area contributed by atoms with Crippen molar-refractivity contribution in [3.63, 3.8) is 0 Å². The van der Waals surface area contributed by atoms with Gasteiger partial charge in [0.2, 0.25) is 5.91 Å². The van der Waals surface area contributed by atoms with Crippen LogP contribution in [0.2, 0.25) is 0 Å². The van der Waals surface area contributed by atoms with E-state index in [-0.39, 0.29) is 18.6 Å². The maximum atomic E-state index is 11.5. The van der Waals surface area contributed by atoms with Crippen LogP contribution in [-0.2, 0) is 14.3 Å². The lowest BCUT2D eigenvalue weighted by molar-refractivity contribution is -0.141. The quantitative estimate of drug-likeness (QED) is 0.555. The number of hydrogen-bond donors (Lipinski definition) is 3. The van der Waals surface area contributed by atoms with Crippen LogP contribution in [0.15, 0.2) is 0 Å². The Kier molecular flexibility index (Phi) is 6.67. The van der Waals surface area contributed by atoms with Gasteiger partial charge in [-0.25, -0.2) is 0 Å². The van der Waals surface area contributed by atoms with Crippen molar-refractivity contribution in [2.24, 2.45) is 0 Å². The van der Waals surface area contributed by atoms with E-state index in [1.54, 1.807) is 6.92 Å². The Balaban J connectivity index is 4.22. The number of nitrogens with one attached hydrogen (secondary N) is 2. The summed E-state index contributed by atoms with van der Waals surface area (Å²) in [5.74, 6) is -1.26. The molecule has 0 saturated heterocycles. The number of carbonyl (C=O) groups excluding carboxylic acids is 1. The molecule has 0 spiro atoms. The number of rotatable bonds is 7. The van der Waals surface area contributed by atoms with Gasteiger partial charge in [0.05, 0.1) is 12.6 Å². The minimum absolute atomic E-state index is 0.0225. The highest BCUT2D eigenvalue weighted by atomic mass is 16.5. The van der Waals surface area contributed by atoms with Gasteiger partial charge in [0.15, 0.2) is 0 Å². The third-order valence-corrected chi connectivity index (χ3v) is 1.91. The second kappa shape index (κ2) is 7.19.